The van der Waals surface area contributed by atoms with Crippen LogP contribution in [0.5, 0.6) is 5.75 Å². The van der Waals surface area contributed by atoms with Gasteiger partial charge in [-0.25, -0.2) is 9.38 Å². The number of amidine groups is 1. The van der Waals surface area contributed by atoms with Crippen molar-refractivity contribution in [1.29, 1.82) is 0 Å². The Hall–Kier alpha value is -4.37. The van der Waals surface area contributed by atoms with Gasteiger partial charge in [0.2, 0.25) is 5.91 Å². The highest BCUT2D eigenvalue weighted by Crippen LogP contribution is 2.45. The van der Waals surface area contributed by atoms with Crippen LogP contribution in [0.25, 0.3) is 0 Å². The molecule has 3 aromatic carbocycles. The minimum absolute atomic E-state index is 0.0974. The first-order valence-electron chi connectivity index (χ1n) is 13.7. The molecule has 3 aromatic rings. The monoisotopic (exact) mass is 584 g/mol. The highest BCUT2D eigenvalue weighted by molar-refractivity contribution is 8.16. The highest BCUT2D eigenvalue weighted by Gasteiger charge is 2.40. The number of amides is 2. The number of thioether (sulfide) groups is 1. The minimum Gasteiger partial charge on any atom is -0.497 e. The van der Waals surface area contributed by atoms with Crippen molar-refractivity contribution in [1.82, 2.24) is 10.2 Å². The van der Waals surface area contributed by atoms with E-state index in [4.69, 9.17) is 9.73 Å². The van der Waals surface area contributed by atoms with Crippen LogP contribution in [0.4, 0.5) is 10.1 Å². The number of fused-ring (bicyclic) bond motifs is 1. The van der Waals surface area contributed by atoms with Gasteiger partial charge < -0.3 is 20.3 Å². The van der Waals surface area contributed by atoms with Gasteiger partial charge in [0.25, 0.3) is 5.91 Å². The molecule has 0 bridgehead atoms. The smallest absolute Gasteiger partial charge is 0.255 e. The third-order valence-electron chi connectivity index (χ3n) is 7.26. The van der Waals surface area contributed by atoms with Gasteiger partial charge in [0, 0.05) is 17.9 Å². The summed E-state index contributed by atoms with van der Waals surface area (Å²) in [4.78, 5) is 33.7. The maximum absolute atomic E-state index is 13.9. The summed E-state index contributed by atoms with van der Waals surface area (Å²) in [6.45, 7) is 6.41. The van der Waals surface area contributed by atoms with Crippen LogP contribution >= 0.6 is 11.8 Å². The minimum atomic E-state index is -0.483. The first-order valence-corrected chi connectivity index (χ1v) is 14.6. The molecule has 0 aliphatic carbocycles. The average Bonchev–Trinajstić information content (AvgIpc) is 3.38. The third kappa shape index (κ3) is 6.41. The van der Waals surface area contributed by atoms with Crippen molar-refractivity contribution in [2.45, 2.75) is 45.7 Å². The fourth-order valence-electron chi connectivity index (χ4n) is 4.94. The summed E-state index contributed by atoms with van der Waals surface area (Å²) in [6, 6.07) is 21.0. The van der Waals surface area contributed by atoms with E-state index in [0.717, 1.165) is 16.8 Å². The van der Waals surface area contributed by atoms with Crippen LogP contribution in [0.2, 0.25) is 0 Å². The van der Waals surface area contributed by atoms with Gasteiger partial charge in [-0.1, -0.05) is 62.0 Å². The number of halogens is 1. The summed E-state index contributed by atoms with van der Waals surface area (Å²) in [5.41, 5.74) is 5.43. The van der Waals surface area contributed by atoms with Crippen LogP contribution in [0.3, 0.4) is 0 Å². The first kappa shape index (κ1) is 29.1. The SMILES string of the molecule is COc1ccc(NC(=O)C2=C(C)N=C3SC=C(CC(=O)NCc4ccc(F)cc4)N3C2c2ccc(C(C)C)cc2)cc1. The van der Waals surface area contributed by atoms with E-state index in [9.17, 15) is 14.0 Å². The van der Waals surface area contributed by atoms with Gasteiger partial charge in [0.05, 0.1) is 30.8 Å². The molecule has 42 heavy (non-hydrogen) atoms. The molecule has 0 fully saturated rings. The molecule has 0 spiro atoms. The number of rotatable bonds is 9. The molecule has 2 aliphatic rings. The maximum Gasteiger partial charge on any atom is 0.255 e. The van der Waals surface area contributed by atoms with Crippen molar-refractivity contribution < 1.29 is 18.7 Å². The molecule has 1 unspecified atom stereocenters. The summed E-state index contributed by atoms with van der Waals surface area (Å²) in [5.74, 6) is 0.283. The van der Waals surface area contributed by atoms with E-state index >= 15 is 0 Å². The number of aliphatic imine (C=N–C) groups is 1. The first-order chi connectivity index (χ1) is 20.2. The van der Waals surface area contributed by atoms with Crippen LogP contribution in [-0.4, -0.2) is 29.0 Å². The van der Waals surface area contributed by atoms with Gasteiger partial charge in [-0.15, -0.1) is 0 Å². The van der Waals surface area contributed by atoms with Crippen molar-refractivity contribution in [3.05, 3.63) is 118 Å². The molecule has 1 atom stereocenters. The lowest BCUT2D eigenvalue weighted by Gasteiger charge is -2.36. The zero-order valence-electron chi connectivity index (χ0n) is 24.0. The van der Waals surface area contributed by atoms with Crippen molar-refractivity contribution >= 4 is 34.4 Å². The topological polar surface area (TPSA) is 83.0 Å². The number of nitrogens with one attached hydrogen (secondary N) is 2. The Morgan fingerprint density at radius 3 is 2.36 bits per heavy atom. The van der Waals surface area contributed by atoms with Crippen molar-refractivity contribution in [3.63, 3.8) is 0 Å². The molecule has 0 saturated heterocycles. The molecule has 0 aromatic heterocycles. The van der Waals surface area contributed by atoms with Crippen LogP contribution in [0.1, 0.15) is 55.8 Å². The zero-order chi connectivity index (χ0) is 29.8. The number of carbonyl (C=O) groups excluding carboxylic acids is 2. The van der Waals surface area contributed by atoms with E-state index in [-0.39, 0.29) is 30.6 Å². The Morgan fingerprint density at radius 2 is 1.71 bits per heavy atom. The number of allylic oxidation sites excluding steroid dienone is 1. The van der Waals surface area contributed by atoms with E-state index in [1.54, 1.807) is 43.5 Å². The molecule has 2 aliphatic heterocycles. The van der Waals surface area contributed by atoms with E-state index in [2.05, 4.69) is 36.6 Å². The molecular formula is C33H33FN4O3S. The summed E-state index contributed by atoms with van der Waals surface area (Å²) in [6.07, 6.45) is 0.0974. The number of benzene rings is 3. The number of nitrogens with zero attached hydrogens (tertiary/aromatic N) is 2. The number of carbonyl (C=O) groups is 2. The summed E-state index contributed by atoms with van der Waals surface area (Å²) in [5, 5.41) is 8.58. The third-order valence-corrected chi connectivity index (χ3v) is 8.15. The lowest BCUT2D eigenvalue weighted by molar-refractivity contribution is -0.120. The Bertz CT molecular complexity index is 1560. The zero-order valence-corrected chi connectivity index (χ0v) is 24.8. The second-order valence-corrected chi connectivity index (χ2v) is 11.3. The van der Waals surface area contributed by atoms with Crippen LogP contribution in [0.15, 0.2) is 100 Å². The van der Waals surface area contributed by atoms with Crippen LogP contribution in [-0.2, 0) is 16.1 Å². The Kier molecular flexibility index (Phi) is 8.77. The number of hydrogen-bond donors (Lipinski definition) is 2. The molecule has 0 saturated carbocycles. The molecule has 216 valence electrons. The molecule has 2 N–H and O–H groups in total. The van der Waals surface area contributed by atoms with Crippen molar-refractivity contribution in [2.24, 2.45) is 4.99 Å². The van der Waals surface area contributed by atoms with Crippen LogP contribution < -0.4 is 15.4 Å². The quantitative estimate of drug-likeness (QED) is 0.287. The fraction of sp³-hybridized carbons (Fsp3) is 0.242. The second-order valence-electron chi connectivity index (χ2n) is 10.5. The Balaban J connectivity index is 1.43. The van der Waals surface area contributed by atoms with Gasteiger partial charge in [0.1, 0.15) is 11.6 Å². The van der Waals surface area contributed by atoms with Crippen molar-refractivity contribution in [2.75, 3.05) is 12.4 Å². The Labute approximate surface area is 249 Å². The molecule has 2 heterocycles. The number of ether oxygens (including phenoxy) is 1. The summed E-state index contributed by atoms with van der Waals surface area (Å²) < 4.78 is 18.5. The van der Waals surface area contributed by atoms with E-state index in [0.29, 0.717) is 33.8 Å². The van der Waals surface area contributed by atoms with Crippen LogP contribution in [0, 0.1) is 5.82 Å². The molecule has 7 nitrogen and oxygen atoms in total. The highest BCUT2D eigenvalue weighted by atomic mass is 32.2. The normalized spacial score (nSPS) is 16.1. The lowest BCUT2D eigenvalue weighted by Crippen LogP contribution is -2.38. The lowest BCUT2D eigenvalue weighted by atomic mass is 9.91. The van der Waals surface area contributed by atoms with Gasteiger partial charge in [0.15, 0.2) is 5.17 Å². The molecule has 9 heteroatoms. The summed E-state index contributed by atoms with van der Waals surface area (Å²) in [7, 11) is 1.59. The number of anilines is 1. The largest absolute Gasteiger partial charge is 0.497 e. The molecule has 0 radical (unpaired) electrons. The Morgan fingerprint density at radius 1 is 1.02 bits per heavy atom. The van der Waals surface area contributed by atoms with E-state index in [1.165, 1.54) is 29.5 Å². The molecule has 5 rings (SSSR count). The standard InChI is InChI=1S/C33H33FN4O3S/c1-20(2)23-7-9-24(10-8-23)31-30(32(40)37-26-13-15-28(41-4)16-14-26)21(3)36-33-38(31)27(19-42-33)17-29(39)35-18-22-5-11-25(34)12-6-22/h5-16,19-20,31H,17-18H2,1-4H3,(H,35,39)(H,37,40). The van der Waals surface area contributed by atoms with Gasteiger partial charge in [-0.3, -0.25) is 9.59 Å². The number of methoxy groups -OCH3 is 1. The van der Waals surface area contributed by atoms with Gasteiger partial charge in [-0.2, -0.15) is 0 Å². The molecule has 2 amide bonds. The van der Waals surface area contributed by atoms with Crippen molar-refractivity contribution in [3.8, 4) is 5.75 Å². The van der Waals surface area contributed by atoms with Gasteiger partial charge >= 0.3 is 0 Å². The van der Waals surface area contributed by atoms with Gasteiger partial charge in [-0.05, 0) is 71.3 Å². The van der Waals surface area contributed by atoms with E-state index in [1.807, 2.05) is 29.4 Å². The predicted molar refractivity (Wildman–Crippen MR) is 165 cm³/mol. The summed E-state index contributed by atoms with van der Waals surface area (Å²) >= 11 is 1.44. The second kappa shape index (κ2) is 12.7. The average molecular weight is 585 g/mol. The fourth-order valence-corrected chi connectivity index (χ4v) is 5.91. The molecular weight excluding hydrogens is 551 g/mol. The van der Waals surface area contributed by atoms with E-state index < -0.39 is 6.04 Å². The number of hydrogen-bond acceptors (Lipinski definition) is 6. The predicted octanol–water partition coefficient (Wildman–Crippen LogP) is 6.88. The maximum atomic E-state index is 13.9.